The molecule has 1 aromatic rings. The Hall–Kier alpha value is -2.25. The van der Waals surface area contributed by atoms with E-state index in [0.29, 0.717) is 11.1 Å². The summed E-state index contributed by atoms with van der Waals surface area (Å²) in [6.45, 7) is 3.62. The molecule has 138 valence electrons. The topological polar surface area (TPSA) is 113 Å². The van der Waals surface area contributed by atoms with E-state index in [1.54, 1.807) is 31.2 Å². The average Bonchev–Trinajstić information content (AvgIpc) is 2.59. The van der Waals surface area contributed by atoms with Crippen LogP contribution in [0.2, 0.25) is 0 Å². The predicted octanol–water partition coefficient (Wildman–Crippen LogP) is 1.13. The van der Waals surface area contributed by atoms with Gasteiger partial charge in [-0.05, 0) is 18.9 Å². The Kier molecular flexibility index (Phi) is 8.80. The van der Waals surface area contributed by atoms with Gasteiger partial charge in [0, 0.05) is 25.5 Å². The summed E-state index contributed by atoms with van der Waals surface area (Å²) in [6, 6.07) is 6.22. The van der Waals surface area contributed by atoms with E-state index in [1.807, 2.05) is 0 Å². The molecular formula is C18H25NO6. The lowest BCUT2D eigenvalue weighted by Crippen LogP contribution is -2.27. The first kappa shape index (κ1) is 20.8. The molecule has 0 fully saturated rings. The summed E-state index contributed by atoms with van der Waals surface area (Å²) >= 11 is 0. The Morgan fingerprint density at radius 1 is 1.12 bits per heavy atom. The number of benzene rings is 1. The van der Waals surface area contributed by atoms with E-state index in [1.165, 1.54) is 6.92 Å². The highest BCUT2D eigenvalue weighted by molar-refractivity contribution is 5.97. The first-order valence-corrected chi connectivity index (χ1v) is 8.24. The number of carbonyl (C=O) groups is 3. The maximum Gasteiger partial charge on any atom is 0.306 e. The van der Waals surface area contributed by atoms with Gasteiger partial charge in [0.15, 0.2) is 5.78 Å². The SMILES string of the molecule is CCOC(=O)CCC(=O)c1ccc(C(O)C(O)CCNC(C)=O)cc1. The maximum absolute atomic E-state index is 12.0. The van der Waals surface area contributed by atoms with Crippen LogP contribution in [0.1, 0.15) is 55.1 Å². The van der Waals surface area contributed by atoms with Crippen LogP contribution in [0.25, 0.3) is 0 Å². The summed E-state index contributed by atoms with van der Waals surface area (Å²) in [5, 5.41) is 22.6. The van der Waals surface area contributed by atoms with Crippen LogP contribution in [0.5, 0.6) is 0 Å². The summed E-state index contributed by atoms with van der Waals surface area (Å²) in [7, 11) is 0. The number of nitrogens with one attached hydrogen (secondary N) is 1. The minimum Gasteiger partial charge on any atom is -0.466 e. The van der Waals surface area contributed by atoms with Crippen molar-refractivity contribution in [1.29, 1.82) is 0 Å². The third kappa shape index (κ3) is 7.45. The van der Waals surface area contributed by atoms with E-state index in [2.05, 4.69) is 5.32 Å². The number of ether oxygens (including phenoxy) is 1. The van der Waals surface area contributed by atoms with Crippen molar-refractivity contribution in [2.45, 2.75) is 45.3 Å². The number of esters is 1. The molecule has 0 spiro atoms. The molecule has 1 aromatic carbocycles. The first-order chi connectivity index (χ1) is 11.8. The fourth-order valence-electron chi connectivity index (χ4n) is 2.24. The number of hydrogen-bond acceptors (Lipinski definition) is 6. The zero-order valence-electron chi connectivity index (χ0n) is 14.5. The molecule has 0 bridgehead atoms. The fourth-order valence-corrected chi connectivity index (χ4v) is 2.24. The molecule has 0 aromatic heterocycles. The summed E-state index contributed by atoms with van der Waals surface area (Å²) < 4.78 is 4.77. The first-order valence-electron chi connectivity index (χ1n) is 8.24. The molecule has 1 amide bonds. The third-order valence-electron chi connectivity index (χ3n) is 3.61. The smallest absolute Gasteiger partial charge is 0.306 e. The minimum absolute atomic E-state index is 0.0267. The van der Waals surface area contributed by atoms with Crippen LogP contribution in [0.15, 0.2) is 24.3 Å². The van der Waals surface area contributed by atoms with Crippen molar-refractivity contribution in [2.75, 3.05) is 13.2 Å². The Morgan fingerprint density at radius 2 is 1.76 bits per heavy atom. The Balaban J connectivity index is 2.55. The molecule has 0 aliphatic heterocycles. The number of Topliss-reactive ketones (excluding diaryl/α,β-unsaturated/α-hetero) is 1. The minimum atomic E-state index is -1.11. The van der Waals surface area contributed by atoms with E-state index in [9.17, 15) is 24.6 Å². The molecule has 3 N–H and O–H groups in total. The quantitative estimate of drug-likeness (QED) is 0.430. The van der Waals surface area contributed by atoms with Gasteiger partial charge in [-0.15, -0.1) is 0 Å². The van der Waals surface area contributed by atoms with Gasteiger partial charge in [-0.2, -0.15) is 0 Å². The van der Waals surface area contributed by atoms with Crippen molar-refractivity contribution in [1.82, 2.24) is 5.32 Å². The van der Waals surface area contributed by atoms with Gasteiger partial charge in [0.05, 0.1) is 19.1 Å². The van der Waals surface area contributed by atoms with E-state index < -0.39 is 18.2 Å². The van der Waals surface area contributed by atoms with E-state index in [0.717, 1.165) is 0 Å². The molecule has 0 saturated carbocycles. The van der Waals surface area contributed by atoms with Crippen LogP contribution in [0.3, 0.4) is 0 Å². The van der Waals surface area contributed by atoms with Crippen molar-refractivity contribution in [3.63, 3.8) is 0 Å². The van der Waals surface area contributed by atoms with E-state index >= 15 is 0 Å². The Morgan fingerprint density at radius 3 is 2.32 bits per heavy atom. The second kappa shape index (κ2) is 10.6. The summed E-state index contributed by atoms with van der Waals surface area (Å²) in [4.78, 5) is 34.1. The summed E-state index contributed by atoms with van der Waals surface area (Å²) in [5.41, 5.74) is 0.894. The molecule has 7 nitrogen and oxygen atoms in total. The largest absolute Gasteiger partial charge is 0.466 e. The lowest BCUT2D eigenvalue weighted by atomic mass is 9.99. The van der Waals surface area contributed by atoms with Crippen LogP contribution in [-0.4, -0.2) is 47.1 Å². The number of ketones is 1. The molecule has 0 aliphatic carbocycles. The number of hydrogen-bond donors (Lipinski definition) is 3. The van der Waals surface area contributed by atoms with Crippen LogP contribution >= 0.6 is 0 Å². The standard InChI is InChI=1S/C18H25NO6/c1-3-25-17(23)9-8-15(21)13-4-6-14(7-5-13)18(24)16(22)10-11-19-12(2)20/h4-7,16,18,22,24H,3,8-11H2,1-2H3,(H,19,20). The number of aliphatic hydroxyl groups is 2. The van der Waals surface area contributed by atoms with Gasteiger partial charge >= 0.3 is 5.97 Å². The van der Waals surface area contributed by atoms with Gasteiger partial charge in [0.1, 0.15) is 6.10 Å². The number of carbonyl (C=O) groups excluding carboxylic acids is 3. The van der Waals surface area contributed by atoms with Crippen molar-refractivity contribution >= 4 is 17.7 Å². The predicted molar refractivity (Wildman–Crippen MR) is 90.9 cm³/mol. The van der Waals surface area contributed by atoms with Gasteiger partial charge in [0.25, 0.3) is 0 Å². The van der Waals surface area contributed by atoms with Crippen LogP contribution < -0.4 is 5.32 Å². The van der Waals surface area contributed by atoms with E-state index in [-0.39, 0.29) is 44.1 Å². The van der Waals surface area contributed by atoms with Crippen molar-refractivity contribution < 1.29 is 29.3 Å². The molecule has 2 atom stereocenters. The number of aliphatic hydroxyl groups excluding tert-OH is 2. The maximum atomic E-state index is 12.0. The second-order valence-corrected chi connectivity index (χ2v) is 5.63. The summed E-state index contributed by atoms with van der Waals surface area (Å²) in [6.07, 6.45) is -1.85. The highest BCUT2D eigenvalue weighted by Gasteiger charge is 2.19. The van der Waals surface area contributed by atoms with E-state index in [4.69, 9.17) is 4.74 Å². The Labute approximate surface area is 147 Å². The van der Waals surface area contributed by atoms with Crippen molar-refractivity contribution in [3.8, 4) is 0 Å². The highest BCUT2D eigenvalue weighted by Crippen LogP contribution is 2.20. The zero-order chi connectivity index (χ0) is 18.8. The van der Waals surface area contributed by atoms with Gasteiger partial charge in [-0.1, -0.05) is 24.3 Å². The molecule has 7 heteroatoms. The molecule has 0 aliphatic rings. The molecule has 0 saturated heterocycles. The molecule has 0 heterocycles. The zero-order valence-corrected chi connectivity index (χ0v) is 14.5. The van der Waals surface area contributed by atoms with Crippen LogP contribution in [0, 0.1) is 0 Å². The van der Waals surface area contributed by atoms with Crippen LogP contribution in [-0.2, 0) is 14.3 Å². The molecule has 0 radical (unpaired) electrons. The lowest BCUT2D eigenvalue weighted by Gasteiger charge is -2.18. The van der Waals surface area contributed by atoms with Gasteiger partial charge in [-0.25, -0.2) is 0 Å². The fraction of sp³-hybridized carbons (Fsp3) is 0.500. The monoisotopic (exact) mass is 351 g/mol. The highest BCUT2D eigenvalue weighted by atomic mass is 16.5. The van der Waals surface area contributed by atoms with Crippen molar-refractivity contribution in [2.24, 2.45) is 0 Å². The van der Waals surface area contributed by atoms with Crippen LogP contribution in [0.4, 0.5) is 0 Å². The average molecular weight is 351 g/mol. The molecular weight excluding hydrogens is 326 g/mol. The number of rotatable bonds is 10. The second-order valence-electron chi connectivity index (χ2n) is 5.63. The lowest BCUT2D eigenvalue weighted by molar-refractivity contribution is -0.143. The molecule has 25 heavy (non-hydrogen) atoms. The number of amides is 1. The van der Waals surface area contributed by atoms with Gasteiger partial charge in [0.2, 0.25) is 5.91 Å². The Bertz CT molecular complexity index is 584. The molecule has 1 rings (SSSR count). The normalized spacial score (nSPS) is 13.0. The third-order valence-corrected chi connectivity index (χ3v) is 3.61. The summed E-state index contributed by atoms with van der Waals surface area (Å²) in [5.74, 6) is -0.808. The van der Waals surface area contributed by atoms with Gasteiger partial charge in [-0.3, -0.25) is 14.4 Å². The van der Waals surface area contributed by atoms with Gasteiger partial charge < -0.3 is 20.3 Å². The molecule has 2 unspecified atom stereocenters. The van der Waals surface area contributed by atoms with Crippen molar-refractivity contribution in [3.05, 3.63) is 35.4 Å².